The normalized spacial score (nSPS) is 11.3. The van der Waals surface area contributed by atoms with E-state index < -0.39 is 10.0 Å². The Morgan fingerprint density at radius 1 is 1.07 bits per heavy atom. The summed E-state index contributed by atoms with van der Waals surface area (Å²) >= 11 is 0. The van der Waals surface area contributed by atoms with Gasteiger partial charge in [0.05, 0.1) is 11.9 Å². The van der Waals surface area contributed by atoms with Gasteiger partial charge in [0.1, 0.15) is 5.82 Å². The molecule has 5 nitrogen and oxygen atoms in total. The van der Waals surface area contributed by atoms with Crippen molar-refractivity contribution in [2.75, 3.05) is 23.7 Å². The third-order valence-corrected chi connectivity index (χ3v) is 5.79. The predicted octanol–water partition coefficient (Wildman–Crippen LogP) is 3.35. The monoisotopic (exact) mass is 406 g/mol. The minimum Gasteiger partial charge on any atom is -0.356 e. The average Bonchev–Trinajstić information content (AvgIpc) is 2.62. The molecule has 0 saturated carbocycles. The summed E-state index contributed by atoms with van der Waals surface area (Å²) < 4.78 is 38.5. The number of rotatable bonds is 9. The van der Waals surface area contributed by atoms with Crippen molar-refractivity contribution in [2.24, 2.45) is 0 Å². The summed E-state index contributed by atoms with van der Waals surface area (Å²) in [5.74, 6) is -0.414. The largest absolute Gasteiger partial charge is 0.356 e. The summed E-state index contributed by atoms with van der Waals surface area (Å²) in [7, 11) is -3.43. The van der Waals surface area contributed by atoms with Gasteiger partial charge in [-0.2, -0.15) is 0 Å². The number of hydrogen-bond donors (Lipinski definition) is 1. The van der Waals surface area contributed by atoms with E-state index in [2.05, 4.69) is 5.32 Å². The second-order valence-corrected chi connectivity index (χ2v) is 8.84. The van der Waals surface area contributed by atoms with E-state index >= 15 is 0 Å². The van der Waals surface area contributed by atoms with Gasteiger partial charge in [0, 0.05) is 19.5 Å². The molecule has 2 aromatic rings. The number of nitrogens with one attached hydrogen (secondary N) is 1. The van der Waals surface area contributed by atoms with Crippen molar-refractivity contribution in [1.29, 1.82) is 0 Å². The van der Waals surface area contributed by atoms with E-state index in [1.807, 2.05) is 26.0 Å². The van der Waals surface area contributed by atoms with E-state index in [4.69, 9.17) is 0 Å². The molecule has 0 heterocycles. The molecule has 0 radical (unpaired) electrons. The number of aryl methyl sites for hydroxylation is 2. The number of carbonyl (C=O) groups is 1. The van der Waals surface area contributed by atoms with Crippen molar-refractivity contribution in [1.82, 2.24) is 5.32 Å². The molecule has 2 aromatic carbocycles. The lowest BCUT2D eigenvalue weighted by Gasteiger charge is -2.23. The van der Waals surface area contributed by atoms with Crippen LogP contribution in [0.5, 0.6) is 0 Å². The highest BCUT2D eigenvalue weighted by molar-refractivity contribution is 7.92. The number of carbonyl (C=O) groups excluding carboxylic acids is 1. The first-order valence-electron chi connectivity index (χ1n) is 9.23. The van der Waals surface area contributed by atoms with Gasteiger partial charge in [-0.25, -0.2) is 12.8 Å². The zero-order valence-electron chi connectivity index (χ0n) is 16.5. The van der Waals surface area contributed by atoms with E-state index in [1.165, 1.54) is 22.7 Å². The second-order valence-electron chi connectivity index (χ2n) is 6.93. The van der Waals surface area contributed by atoms with Crippen LogP contribution >= 0.6 is 0 Å². The summed E-state index contributed by atoms with van der Waals surface area (Å²) in [6, 6.07) is 11.7. The topological polar surface area (TPSA) is 66.5 Å². The van der Waals surface area contributed by atoms with Gasteiger partial charge >= 0.3 is 0 Å². The Morgan fingerprint density at radius 3 is 2.36 bits per heavy atom. The van der Waals surface area contributed by atoms with Crippen LogP contribution in [0.3, 0.4) is 0 Å². The van der Waals surface area contributed by atoms with Crippen molar-refractivity contribution in [3.8, 4) is 0 Å². The van der Waals surface area contributed by atoms with Crippen molar-refractivity contribution in [3.05, 3.63) is 65.0 Å². The first-order chi connectivity index (χ1) is 13.2. The van der Waals surface area contributed by atoms with Crippen LogP contribution in [-0.4, -0.2) is 33.7 Å². The molecule has 0 saturated heterocycles. The van der Waals surface area contributed by atoms with Gasteiger partial charge in [0.2, 0.25) is 15.9 Å². The van der Waals surface area contributed by atoms with Gasteiger partial charge in [0.25, 0.3) is 0 Å². The van der Waals surface area contributed by atoms with E-state index in [0.717, 1.165) is 16.7 Å². The van der Waals surface area contributed by atoms with Gasteiger partial charge < -0.3 is 5.32 Å². The van der Waals surface area contributed by atoms with Crippen LogP contribution in [0.1, 0.15) is 29.5 Å². The second kappa shape index (κ2) is 9.68. The van der Waals surface area contributed by atoms with Crippen LogP contribution in [-0.2, 0) is 21.2 Å². The lowest BCUT2D eigenvalue weighted by atomic mass is 10.1. The smallest absolute Gasteiger partial charge is 0.232 e. The number of nitrogens with zero attached hydrogens (tertiary/aromatic N) is 1. The van der Waals surface area contributed by atoms with Crippen LogP contribution < -0.4 is 9.62 Å². The van der Waals surface area contributed by atoms with Crippen molar-refractivity contribution < 1.29 is 17.6 Å². The molecule has 0 bridgehead atoms. The molecule has 0 aromatic heterocycles. The molecule has 28 heavy (non-hydrogen) atoms. The van der Waals surface area contributed by atoms with Gasteiger partial charge in [-0.15, -0.1) is 0 Å². The molecular formula is C21H27FN2O3S. The Hall–Kier alpha value is -2.41. The lowest BCUT2D eigenvalue weighted by molar-refractivity contribution is -0.121. The molecule has 1 N–H and O–H groups in total. The lowest BCUT2D eigenvalue weighted by Crippen LogP contribution is -2.32. The maximum atomic E-state index is 12.9. The van der Waals surface area contributed by atoms with Crippen molar-refractivity contribution >= 4 is 21.6 Å². The standard InChI is InChI=1S/C21H27FN2O3S/c1-16-6-11-20(15-17(16)2)24(28(3,26)27)14-4-5-21(25)23-13-12-18-7-9-19(22)10-8-18/h6-11,15H,4-5,12-14H2,1-3H3,(H,23,25). The number of benzene rings is 2. The van der Waals surface area contributed by atoms with Gasteiger partial charge in [-0.3, -0.25) is 9.10 Å². The van der Waals surface area contributed by atoms with E-state index in [-0.39, 0.29) is 24.7 Å². The van der Waals surface area contributed by atoms with Crippen molar-refractivity contribution in [3.63, 3.8) is 0 Å². The minimum absolute atomic E-state index is 0.129. The highest BCUT2D eigenvalue weighted by Gasteiger charge is 2.18. The molecule has 2 rings (SSSR count). The summed E-state index contributed by atoms with van der Waals surface area (Å²) in [5.41, 5.74) is 3.67. The van der Waals surface area contributed by atoms with E-state index in [0.29, 0.717) is 25.1 Å². The third-order valence-electron chi connectivity index (χ3n) is 4.59. The quantitative estimate of drug-likeness (QED) is 0.695. The highest BCUT2D eigenvalue weighted by Crippen LogP contribution is 2.21. The molecule has 7 heteroatoms. The molecule has 0 unspecified atom stereocenters. The fourth-order valence-corrected chi connectivity index (χ4v) is 3.79. The number of amides is 1. The number of sulfonamides is 1. The summed E-state index contributed by atoms with van der Waals surface area (Å²) in [4.78, 5) is 12.0. The fourth-order valence-electron chi connectivity index (χ4n) is 2.84. The summed E-state index contributed by atoms with van der Waals surface area (Å²) in [5, 5.41) is 2.81. The Morgan fingerprint density at radius 2 is 1.75 bits per heavy atom. The Labute approximate surface area is 166 Å². The summed E-state index contributed by atoms with van der Waals surface area (Å²) in [6.07, 6.45) is 2.44. The number of halogens is 1. The van der Waals surface area contributed by atoms with E-state index in [1.54, 1.807) is 18.2 Å². The first kappa shape index (κ1) is 21.9. The molecule has 0 fully saturated rings. The van der Waals surface area contributed by atoms with Crippen LogP contribution in [0.2, 0.25) is 0 Å². The summed E-state index contributed by atoms with van der Waals surface area (Å²) in [6.45, 7) is 4.61. The number of anilines is 1. The van der Waals surface area contributed by atoms with E-state index in [9.17, 15) is 17.6 Å². The number of hydrogen-bond acceptors (Lipinski definition) is 3. The minimum atomic E-state index is -3.43. The molecule has 1 amide bonds. The van der Waals surface area contributed by atoms with Gasteiger partial charge in [0.15, 0.2) is 0 Å². The molecule has 0 aliphatic carbocycles. The molecular weight excluding hydrogens is 379 g/mol. The van der Waals surface area contributed by atoms with Crippen LogP contribution in [0, 0.1) is 19.7 Å². The maximum Gasteiger partial charge on any atom is 0.232 e. The zero-order chi connectivity index (χ0) is 20.7. The molecule has 0 spiro atoms. The van der Waals surface area contributed by atoms with Gasteiger partial charge in [-0.1, -0.05) is 18.2 Å². The molecule has 152 valence electrons. The maximum absolute atomic E-state index is 12.9. The van der Waals surface area contributed by atoms with Crippen LogP contribution in [0.25, 0.3) is 0 Å². The average molecular weight is 407 g/mol. The van der Waals surface area contributed by atoms with Crippen molar-refractivity contribution in [2.45, 2.75) is 33.1 Å². The molecule has 0 aliphatic heterocycles. The fraction of sp³-hybridized carbons (Fsp3) is 0.381. The SMILES string of the molecule is Cc1ccc(N(CCCC(=O)NCCc2ccc(F)cc2)S(C)(=O)=O)cc1C. The highest BCUT2D eigenvalue weighted by atomic mass is 32.2. The zero-order valence-corrected chi connectivity index (χ0v) is 17.4. The van der Waals surface area contributed by atoms with Crippen LogP contribution in [0.4, 0.5) is 10.1 Å². The first-order valence-corrected chi connectivity index (χ1v) is 11.1. The van der Waals surface area contributed by atoms with Gasteiger partial charge in [-0.05, 0) is 67.6 Å². The Balaban J connectivity index is 1.83. The Kier molecular flexibility index (Phi) is 7.57. The Bertz CT molecular complexity index is 912. The van der Waals surface area contributed by atoms with Crippen LogP contribution in [0.15, 0.2) is 42.5 Å². The third kappa shape index (κ3) is 6.64. The molecule has 0 aliphatic rings. The predicted molar refractivity (Wildman–Crippen MR) is 110 cm³/mol. The molecule has 0 atom stereocenters.